The maximum atomic E-state index is 5.21. The maximum Gasteiger partial charge on any atom is 0.0952 e. The lowest BCUT2D eigenvalue weighted by atomic mass is 10.2. The monoisotopic (exact) mass is 211 g/mol. The van der Waals surface area contributed by atoms with E-state index in [-0.39, 0.29) is 0 Å². The van der Waals surface area contributed by atoms with E-state index in [0.717, 1.165) is 26.1 Å². The molecule has 1 rings (SSSR count). The standard InChI is InChI=1S/C11H21N3O/c1-4-10(8-15-3)14-9-13-7-11(14)6-12-5-2/h7,9-10,12H,4-6,8H2,1-3H3. The Morgan fingerprint density at radius 3 is 2.93 bits per heavy atom. The van der Waals surface area contributed by atoms with Crippen molar-refractivity contribution in [2.75, 3.05) is 20.3 Å². The average molecular weight is 211 g/mol. The third-order valence-electron chi connectivity index (χ3n) is 2.53. The van der Waals surface area contributed by atoms with Crippen LogP contribution in [0.3, 0.4) is 0 Å². The molecule has 0 saturated carbocycles. The van der Waals surface area contributed by atoms with Crippen molar-refractivity contribution < 1.29 is 4.74 Å². The summed E-state index contributed by atoms with van der Waals surface area (Å²) in [5.41, 5.74) is 1.22. The molecule has 0 aliphatic carbocycles. The first-order valence-electron chi connectivity index (χ1n) is 5.53. The number of ether oxygens (including phenoxy) is 1. The lowest BCUT2D eigenvalue weighted by molar-refractivity contribution is 0.151. The molecule has 15 heavy (non-hydrogen) atoms. The van der Waals surface area contributed by atoms with Crippen LogP contribution in [0.15, 0.2) is 12.5 Å². The van der Waals surface area contributed by atoms with Crippen molar-refractivity contribution in [2.45, 2.75) is 32.9 Å². The number of hydrogen-bond donors (Lipinski definition) is 1. The van der Waals surface area contributed by atoms with Crippen LogP contribution in [0.1, 0.15) is 32.0 Å². The smallest absolute Gasteiger partial charge is 0.0952 e. The van der Waals surface area contributed by atoms with Gasteiger partial charge in [0.15, 0.2) is 0 Å². The van der Waals surface area contributed by atoms with Crippen molar-refractivity contribution in [1.29, 1.82) is 0 Å². The Morgan fingerprint density at radius 2 is 2.33 bits per heavy atom. The van der Waals surface area contributed by atoms with Crippen molar-refractivity contribution in [3.05, 3.63) is 18.2 Å². The van der Waals surface area contributed by atoms with Crippen LogP contribution < -0.4 is 5.32 Å². The third-order valence-corrected chi connectivity index (χ3v) is 2.53. The van der Waals surface area contributed by atoms with E-state index < -0.39 is 0 Å². The fourth-order valence-corrected chi connectivity index (χ4v) is 1.64. The van der Waals surface area contributed by atoms with Gasteiger partial charge in [-0.1, -0.05) is 13.8 Å². The Bertz CT molecular complexity index is 273. The molecule has 0 aromatic carbocycles. The van der Waals surface area contributed by atoms with Crippen molar-refractivity contribution in [3.63, 3.8) is 0 Å². The van der Waals surface area contributed by atoms with Gasteiger partial charge in [-0.25, -0.2) is 4.98 Å². The molecule has 0 spiro atoms. The van der Waals surface area contributed by atoms with E-state index in [4.69, 9.17) is 4.74 Å². The third kappa shape index (κ3) is 3.32. The fraction of sp³-hybridized carbons (Fsp3) is 0.727. The Hall–Kier alpha value is -0.870. The fourth-order valence-electron chi connectivity index (χ4n) is 1.64. The summed E-state index contributed by atoms with van der Waals surface area (Å²) in [6, 6.07) is 0.395. The van der Waals surface area contributed by atoms with Crippen LogP contribution in [0.5, 0.6) is 0 Å². The van der Waals surface area contributed by atoms with Gasteiger partial charge in [0.25, 0.3) is 0 Å². The zero-order valence-corrected chi connectivity index (χ0v) is 9.86. The molecule has 0 amide bonds. The Kier molecular flexibility index (Phi) is 5.36. The molecular formula is C11H21N3O. The van der Waals surface area contributed by atoms with Crippen LogP contribution in [0, 0.1) is 0 Å². The summed E-state index contributed by atoms with van der Waals surface area (Å²) in [6.07, 6.45) is 4.87. The highest BCUT2D eigenvalue weighted by molar-refractivity contribution is 5.00. The van der Waals surface area contributed by atoms with Crippen LogP contribution in [-0.2, 0) is 11.3 Å². The van der Waals surface area contributed by atoms with Gasteiger partial charge in [-0.05, 0) is 13.0 Å². The van der Waals surface area contributed by atoms with Gasteiger partial charge in [0.2, 0.25) is 0 Å². The normalized spacial score (nSPS) is 13.0. The number of aromatic nitrogens is 2. The molecule has 1 unspecified atom stereocenters. The molecule has 0 saturated heterocycles. The van der Waals surface area contributed by atoms with Crippen molar-refractivity contribution in [2.24, 2.45) is 0 Å². The topological polar surface area (TPSA) is 39.1 Å². The van der Waals surface area contributed by atoms with Crippen LogP contribution in [0.25, 0.3) is 0 Å². The molecule has 4 nitrogen and oxygen atoms in total. The van der Waals surface area contributed by atoms with Gasteiger partial charge in [0.05, 0.1) is 24.7 Å². The molecule has 1 aromatic rings. The molecule has 0 bridgehead atoms. The summed E-state index contributed by atoms with van der Waals surface area (Å²) in [5.74, 6) is 0. The summed E-state index contributed by atoms with van der Waals surface area (Å²) >= 11 is 0. The van der Waals surface area contributed by atoms with Gasteiger partial charge in [-0.3, -0.25) is 0 Å². The highest BCUT2D eigenvalue weighted by Gasteiger charge is 2.11. The van der Waals surface area contributed by atoms with Gasteiger partial charge < -0.3 is 14.6 Å². The Balaban J connectivity index is 2.68. The van der Waals surface area contributed by atoms with Crippen LogP contribution in [-0.4, -0.2) is 29.8 Å². The molecule has 86 valence electrons. The quantitative estimate of drug-likeness (QED) is 0.744. The highest BCUT2D eigenvalue weighted by atomic mass is 16.5. The Morgan fingerprint density at radius 1 is 1.53 bits per heavy atom. The van der Waals surface area contributed by atoms with Crippen LogP contribution >= 0.6 is 0 Å². The zero-order chi connectivity index (χ0) is 11.1. The largest absolute Gasteiger partial charge is 0.383 e. The van der Waals surface area contributed by atoms with Gasteiger partial charge in [-0.15, -0.1) is 0 Å². The van der Waals surface area contributed by atoms with Gasteiger partial charge in [0.1, 0.15) is 0 Å². The molecule has 1 N–H and O–H groups in total. The van der Waals surface area contributed by atoms with Crippen molar-refractivity contribution in [1.82, 2.24) is 14.9 Å². The second-order valence-electron chi connectivity index (χ2n) is 3.59. The minimum absolute atomic E-state index is 0.395. The van der Waals surface area contributed by atoms with E-state index in [2.05, 4.69) is 28.7 Å². The molecule has 0 aliphatic rings. The first-order chi connectivity index (χ1) is 7.33. The number of rotatable bonds is 7. The first-order valence-corrected chi connectivity index (χ1v) is 5.53. The van der Waals surface area contributed by atoms with E-state index in [9.17, 15) is 0 Å². The van der Waals surface area contributed by atoms with E-state index in [0.29, 0.717) is 6.04 Å². The van der Waals surface area contributed by atoms with Crippen LogP contribution in [0.4, 0.5) is 0 Å². The lowest BCUT2D eigenvalue weighted by Crippen LogP contribution is -2.20. The van der Waals surface area contributed by atoms with E-state index in [1.165, 1.54) is 5.69 Å². The first kappa shape index (κ1) is 12.2. The van der Waals surface area contributed by atoms with E-state index in [1.54, 1.807) is 7.11 Å². The van der Waals surface area contributed by atoms with Crippen molar-refractivity contribution >= 4 is 0 Å². The second kappa shape index (κ2) is 6.58. The molecule has 1 aromatic heterocycles. The van der Waals surface area contributed by atoms with Crippen LogP contribution in [0.2, 0.25) is 0 Å². The van der Waals surface area contributed by atoms with Gasteiger partial charge in [-0.2, -0.15) is 0 Å². The number of nitrogens with zero attached hydrogens (tertiary/aromatic N) is 2. The SMILES string of the molecule is CCNCc1cncn1C(CC)COC. The molecule has 1 heterocycles. The summed E-state index contributed by atoms with van der Waals surface area (Å²) in [4.78, 5) is 4.19. The predicted octanol–water partition coefficient (Wildman–Crippen LogP) is 1.59. The maximum absolute atomic E-state index is 5.21. The minimum Gasteiger partial charge on any atom is -0.383 e. The van der Waals surface area contributed by atoms with E-state index >= 15 is 0 Å². The minimum atomic E-state index is 0.395. The summed E-state index contributed by atoms with van der Waals surface area (Å²) in [7, 11) is 1.74. The summed E-state index contributed by atoms with van der Waals surface area (Å²) in [6.45, 7) is 6.86. The predicted molar refractivity (Wildman–Crippen MR) is 60.8 cm³/mol. The molecule has 0 fully saturated rings. The molecule has 1 atom stereocenters. The number of imidazole rings is 1. The molecular weight excluding hydrogens is 190 g/mol. The van der Waals surface area contributed by atoms with Gasteiger partial charge >= 0.3 is 0 Å². The zero-order valence-electron chi connectivity index (χ0n) is 9.86. The molecule has 4 heteroatoms. The molecule has 0 radical (unpaired) electrons. The summed E-state index contributed by atoms with van der Waals surface area (Å²) in [5, 5.41) is 3.31. The Labute approximate surface area is 91.7 Å². The van der Waals surface area contributed by atoms with Gasteiger partial charge in [0, 0.05) is 19.9 Å². The second-order valence-corrected chi connectivity index (χ2v) is 3.59. The molecule has 0 aliphatic heterocycles. The summed E-state index contributed by atoms with van der Waals surface area (Å²) < 4.78 is 7.41. The lowest BCUT2D eigenvalue weighted by Gasteiger charge is -2.18. The number of nitrogens with one attached hydrogen (secondary N) is 1. The van der Waals surface area contributed by atoms with E-state index in [1.807, 2.05) is 12.5 Å². The highest BCUT2D eigenvalue weighted by Crippen LogP contribution is 2.14. The number of methoxy groups -OCH3 is 1. The van der Waals surface area contributed by atoms with Crippen molar-refractivity contribution in [3.8, 4) is 0 Å². The average Bonchev–Trinajstić information content (AvgIpc) is 2.71. The number of hydrogen-bond acceptors (Lipinski definition) is 3.